The Hall–Kier alpha value is -4.28. The van der Waals surface area contributed by atoms with E-state index in [9.17, 15) is 9.18 Å². The van der Waals surface area contributed by atoms with Crippen molar-refractivity contribution in [1.82, 2.24) is 25.1 Å². The van der Waals surface area contributed by atoms with Gasteiger partial charge in [-0.15, -0.1) is 0 Å². The summed E-state index contributed by atoms with van der Waals surface area (Å²) in [6.45, 7) is 7.72. The first-order chi connectivity index (χ1) is 15.7. The molecule has 1 aromatic carbocycles. The van der Waals surface area contributed by atoms with Gasteiger partial charge in [0.2, 0.25) is 5.88 Å². The summed E-state index contributed by atoms with van der Waals surface area (Å²) in [5.74, 6) is 0.482. The molecule has 0 radical (unpaired) electrons. The third kappa shape index (κ3) is 5.32. The van der Waals surface area contributed by atoms with Crippen molar-refractivity contribution in [2.75, 3.05) is 10.6 Å². The molecule has 3 heterocycles. The van der Waals surface area contributed by atoms with Crippen LogP contribution in [0.4, 0.5) is 20.8 Å². The van der Waals surface area contributed by atoms with Crippen LogP contribution in [0.1, 0.15) is 32.3 Å². The Morgan fingerprint density at radius 2 is 1.97 bits per heavy atom. The monoisotopic (exact) mass is 451 g/mol. The van der Waals surface area contributed by atoms with Gasteiger partial charge in [0.15, 0.2) is 0 Å². The highest BCUT2D eigenvalue weighted by Gasteiger charge is 2.20. The Bertz CT molecular complexity index is 1290. The van der Waals surface area contributed by atoms with Crippen LogP contribution in [-0.2, 0) is 5.41 Å². The number of rotatable bonds is 5. The first-order valence-electron chi connectivity index (χ1n) is 10.0. The van der Waals surface area contributed by atoms with Crippen molar-refractivity contribution in [3.05, 3.63) is 60.1 Å². The quantitative estimate of drug-likeness (QED) is 0.387. The van der Waals surface area contributed by atoms with Gasteiger partial charge in [-0.25, -0.2) is 19.2 Å². The van der Waals surface area contributed by atoms with E-state index >= 15 is 0 Å². The van der Waals surface area contributed by atoms with Gasteiger partial charge in [0.25, 0.3) is 0 Å². The maximum Gasteiger partial charge on any atom is 0.326 e. The summed E-state index contributed by atoms with van der Waals surface area (Å²) in [7, 11) is 0. The third-order valence-corrected chi connectivity index (χ3v) is 4.52. The molecule has 0 fully saturated rings. The molecule has 33 heavy (non-hydrogen) atoms. The number of anilines is 2. The van der Waals surface area contributed by atoms with Crippen molar-refractivity contribution >= 4 is 17.6 Å². The number of halogens is 1. The number of aromatic amines is 1. The van der Waals surface area contributed by atoms with Crippen LogP contribution >= 0.6 is 0 Å². The fourth-order valence-electron chi connectivity index (χ4n) is 2.81. The number of amides is 2. The van der Waals surface area contributed by atoms with E-state index in [0.717, 1.165) is 5.82 Å². The van der Waals surface area contributed by atoms with Crippen LogP contribution in [0.2, 0.25) is 0 Å². The Labute approximate surface area is 188 Å². The van der Waals surface area contributed by atoms with E-state index in [2.05, 4.69) is 35.7 Å². The van der Waals surface area contributed by atoms with E-state index < -0.39 is 11.8 Å². The van der Waals surface area contributed by atoms with Crippen molar-refractivity contribution in [1.29, 1.82) is 0 Å². The Kier molecular flexibility index (Phi) is 5.78. The number of urea groups is 1. The second-order valence-electron chi connectivity index (χ2n) is 8.26. The van der Waals surface area contributed by atoms with Gasteiger partial charge in [-0.2, -0.15) is 4.98 Å². The summed E-state index contributed by atoms with van der Waals surface area (Å²) in [4.78, 5) is 27.9. The number of nitrogens with one attached hydrogen (secondary N) is 3. The maximum atomic E-state index is 14.3. The van der Waals surface area contributed by atoms with Gasteiger partial charge in [-0.1, -0.05) is 25.9 Å². The molecule has 4 rings (SSSR count). The molecule has 0 atom stereocenters. The molecule has 0 aliphatic rings. The van der Waals surface area contributed by atoms with Gasteiger partial charge < -0.3 is 19.6 Å². The molecule has 3 N–H and O–H groups in total. The molecule has 11 heteroatoms. The largest absolute Gasteiger partial charge is 0.424 e. The Balaban J connectivity index is 1.46. The normalized spacial score (nSPS) is 11.3. The Morgan fingerprint density at radius 1 is 1.15 bits per heavy atom. The molecule has 0 spiro atoms. The lowest BCUT2D eigenvalue weighted by Gasteiger charge is -2.12. The molecule has 0 saturated carbocycles. The lowest BCUT2D eigenvalue weighted by Crippen LogP contribution is -2.20. The molecule has 0 unspecified atom stereocenters. The van der Waals surface area contributed by atoms with Gasteiger partial charge in [-0.05, 0) is 25.1 Å². The molecule has 170 valence electrons. The smallest absolute Gasteiger partial charge is 0.326 e. The number of aryl methyl sites for hydroxylation is 1. The van der Waals surface area contributed by atoms with Crippen LogP contribution < -0.4 is 15.4 Å². The van der Waals surface area contributed by atoms with Gasteiger partial charge in [0.05, 0.1) is 29.0 Å². The second-order valence-corrected chi connectivity index (χ2v) is 8.26. The molecule has 0 aliphatic heterocycles. The zero-order valence-electron chi connectivity index (χ0n) is 18.4. The summed E-state index contributed by atoms with van der Waals surface area (Å²) in [5, 5.41) is 8.84. The predicted octanol–water partition coefficient (Wildman–Crippen LogP) is 5.04. The maximum absolute atomic E-state index is 14.3. The molecular weight excluding hydrogens is 429 g/mol. The zero-order valence-corrected chi connectivity index (χ0v) is 18.4. The third-order valence-electron chi connectivity index (χ3n) is 4.52. The van der Waals surface area contributed by atoms with Crippen LogP contribution in [0.25, 0.3) is 11.4 Å². The average Bonchev–Trinajstić information content (AvgIpc) is 3.40. The number of nitrogens with zero attached hydrogens (tertiary/aromatic N) is 4. The minimum atomic E-state index is -0.699. The first kappa shape index (κ1) is 21.9. The fourth-order valence-corrected chi connectivity index (χ4v) is 2.81. The number of imidazole rings is 1. The number of aromatic nitrogens is 5. The number of hydrogen-bond donors (Lipinski definition) is 3. The molecule has 0 saturated heterocycles. The second kappa shape index (κ2) is 8.69. The summed E-state index contributed by atoms with van der Waals surface area (Å²) in [6.07, 6.45) is 3.19. The van der Waals surface area contributed by atoms with E-state index in [0.29, 0.717) is 17.1 Å². The van der Waals surface area contributed by atoms with E-state index in [4.69, 9.17) is 9.26 Å². The number of H-pyrrole nitrogens is 1. The van der Waals surface area contributed by atoms with E-state index in [1.165, 1.54) is 24.4 Å². The van der Waals surface area contributed by atoms with Crippen LogP contribution in [0.15, 0.2) is 47.2 Å². The summed E-state index contributed by atoms with van der Waals surface area (Å²) >= 11 is 0. The predicted molar refractivity (Wildman–Crippen MR) is 119 cm³/mol. The van der Waals surface area contributed by atoms with Crippen molar-refractivity contribution in [3.8, 4) is 23.1 Å². The minimum Gasteiger partial charge on any atom is -0.424 e. The van der Waals surface area contributed by atoms with Crippen molar-refractivity contribution < 1.29 is 18.4 Å². The number of carbonyl (C=O) groups is 1. The lowest BCUT2D eigenvalue weighted by atomic mass is 9.92. The summed E-state index contributed by atoms with van der Waals surface area (Å²) in [5.41, 5.74) is 1.63. The topological polar surface area (TPSA) is 131 Å². The highest BCUT2D eigenvalue weighted by Crippen LogP contribution is 2.27. The number of benzene rings is 1. The highest BCUT2D eigenvalue weighted by atomic mass is 19.1. The standard InChI is InChI=1S/C22H22FN7O3/c1-12-25-11-17(26-12)15-7-8-24-21(28-15)32-13-5-6-14(23)16(9-13)27-20(31)29-19-10-18(30-33-19)22(2,3)4/h5-11H,1-4H3,(H,25,26)(H2,27,29,31). The molecule has 10 nitrogen and oxygen atoms in total. The van der Waals surface area contributed by atoms with Gasteiger partial charge in [0, 0.05) is 23.7 Å². The fraction of sp³-hybridized carbons (Fsp3) is 0.227. The van der Waals surface area contributed by atoms with E-state index in [-0.39, 0.29) is 28.7 Å². The first-order valence-corrected chi connectivity index (χ1v) is 10.0. The Morgan fingerprint density at radius 3 is 2.67 bits per heavy atom. The zero-order chi connectivity index (χ0) is 23.6. The molecule has 3 aromatic heterocycles. The highest BCUT2D eigenvalue weighted by molar-refractivity contribution is 5.99. The van der Waals surface area contributed by atoms with E-state index in [1.54, 1.807) is 18.3 Å². The van der Waals surface area contributed by atoms with Crippen molar-refractivity contribution in [2.24, 2.45) is 0 Å². The minimum absolute atomic E-state index is 0.0538. The molecule has 0 bridgehead atoms. The van der Waals surface area contributed by atoms with Gasteiger partial charge >= 0.3 is 12.0 Å². The average molecular weight is 451 g/mol. The number of carbonyl (C=O) groups excluding carboxylic acids is 1. The summed E-state index contributed by atoms with van der Waals surface area (Å²) in [6, 6.07) is 6.57. The van der Waals surface area contributed by atoms with Crippen LogP contribution in [-0.4, -0.2) is 31.1 Å². The molecule has 4 aromatic rings. The van der Waals surface area contributed by atoms with Crippen LogP contribution in [0.3, 0.4) is 0 Å². The van der Waals surface area contributed by atoms with Crippen molar-refractivity contribution in [2.45, 2.75) is 33.1 Å². The summed E-state index contributed by atoms with van der Waals surface area (Å²) < 4.78 is 25.1. The lowest BCUT2D eigenvalue weighted by molar-refractivity contribution is 0.261. The number of ether oxygens (including phenoxy) is 1. The molecular formula is C22H22FN7O3. The van der Waals surface area contributed by atoms with Gasteiger partial charge in [-0.3, -0.25) is 5.32 Å². The molecule has 0 aliphatic carbocycles. The SMILES string of the molecule is Cc1ncc(-c2ccnc(Oc3ccc(F)c(NC(=O)Nc4cc(C(C)(C)C)no4)c3)n2)[nH]1. The van der Waals surface area contributed by atoms with Crippen LogP contribution in [0.5, 0.6) is 11.8 Å². The molecule has 2 amide bonds. The van der Waals surface area contributed by atoms with Crippen molar-refractivity contribution in [3.63, 3.8) is 0 Å². The van der Waals surface area contributed by atoms with Crippen LogP contribution in [0, 0.1) is 12.7 Å². The van der Waals surface area contributed by atoms with E-state index in [1.807, 2.05) is 27.7 Å². The number of hydrogen-bond acceptors (Lipinski definition) is 7. The van der Waals surface area contributed by atoms with Gasteiger partial charge in [0.1, 0.15) is 17.4 Å².